The highest BCUT2D eigenvalue weighted by Gasteiger charge is 2.23. The van der Waals surface area contributed by atoms with Crippen LogP contribution in [0.1, 0.15) is 50.7 Å². The van der Waals surface area contributed by atoms with Crippen molar-refractivity contribution in [2.24, 2.45) is 0 Å². The van der Waals surface area contributed by atoms with E-state index in [4.69, 9.17) is 11.6 Å². The van der Waals surface area contributed by atoms with Gasteiger partial charge in [-0.15, -0.1) is 0 Å². The lowest BCUT2D eigenvalue weighted by Crippen LogP contribution is -2.27. The molecule has 0 radical (unpaired) electrons. The first-order valence-electron chi connectivity index (χ1n) is 6.87. The number of aromatic nitrogens is 4. The van der Waals surface area contributed by atoms with Gasteiger partial charge >= 0.3 is 0 Å². The molecule has 0 saturated carbocycles. The van der Waals surface area contributed by atoms with E-state index in [-0.39, 0.29) is 12.1 Å². The van der Waals surface area contributed by atoms with Gasteiger partial charge in [-0.25, -0.2) is 9.97 Å². The number of nitrogens with one attached hydrogen (secondary N) is 1. The normalized spacial score (nSPS) is 12.8. The first-order chi connectivity index (χ1) is 9.65. The van der Waals surface area contributed by atoms with Crippen molar-refractivity contribution >= 4 is 11.6 Å². The monoisotopic (exact) mass is 293 g/mol. The Balaban J connectivity index is 2.44. The molecule has 0 aromatic carbocycles. The van der Waals surface area contributed by atoms with Gasteiger partial charge in [-0.3, -0.25) is 4.68 Å². The molecule has 2 aromatic rings. The SMILES string of the molecule is CCCNC(c1ccncn1)c1c(Cl)cnn1C(C)C. The van der Waals surface area contributed by atoms with Crippen LogP contribution < -0.4 is 5.32 Å². The number of nitrogens with zero attached hydrogens (tertiary/aromatic N) is 4. The van der Waals surface area contributed by atoms with Gasteiger partial charge in [0.15, 0.2) is 0 Å². The second-order valence-corrected chi connectivity index (χ2v) is 5.34. The number of hydrogen-bond donors (Lipinski definition) is 1. The van der Waals surface area contributed by atoms with Crippen molar-refractivity contribution < 1.29 is 0 Å². The summed E-state index contributed by atoms with van der Waals surface area (Å²) < 4.78 is 1.94. The molecule has 0 bridgehead atoms. The summed E-state index contributed by atoms with van der Waals surface area (Å²) in [6.45, 7) is 7.19. The number of rotatable bonds is 6. The third-order valence-corrected chi connectivity index (χ3v) is 3.34. The minimum atomic E-state index is -0.0738. The van der Waals surface area contributed by atoms with Gasteiger partial charge in [0.2, 0.25) is 0 Å². The summed E-state index contributed by atoms with van der Waals surface area (Å²) in [5, 5.41) is 8.52. The van der Waals surface area contributed by atoms with Crippen LogP contribution in [0.5, 0.6) is 0 Å². The number of halogens is 1. The molecule has 0 aliphatic heterocycles. The Hall–Kier alpha value is -1.46. The minimum absolute atomic E-state index is 0.0738. The third-order valence-electron chi connectivity index (χ3n) is 3.05. The molecule has 2 heterocycles. The second-order valence-electron chi connectivity index (χ2n) is 4.94. The predicted octanol–water partition coefficient (Wildman–Crippen LogP) is 3.00. The third kappa shape index (κ3) is 3.16. The van der Waals surface area contributed by atoms with Gasteiger partial charge in [0.25, 0.3) is 0 Å². The fraction of sp³-hybridized carbons (Fsp3) is 0.500. The molecule has 0 aliphatic rings. The van der Waals surface area contributed by atoms with Gasteiger partial charge in [-0.05, 0) is 32.9 Å². The Bertz CT molecular complexity index is 538. The first kappa shape index (κ1) is 14.9. The molecule has 0 fully saturated rings. The zero-order valence-electron chi connectivity index (χ0n) is 12.0. The van der Waals surface area contributed by atoms with Crippen molar-refractivity contribution in [3.8, 4) is 0 Å². The molecule has 0 amide bonds. The van der Waals surface area contributed by atoms with Crippen molar-refractivity contribution in [1.29, 1.82) is 0 Å². The smallest absolute Gasteiger partial charge is 0.115 e. The second kappa shape index (κ2) is 6.81. The molecule has 108 valence electrons. The van der Waals surface area contributed by atoms with E-state index in [1.807, 2.05) is 10.7 Å². The molecule has 6 heteroatoms. The first-order valence-corrected chi connectivity index (χ1v) is 7.25. The van der Waals surface area contributed by atoms with Crippen LogP contribution in [0, 0.1) is 0 Å². The van der Waals surface area contributed by atoms with Crippen LogP contribution in [-0.4, -0.2) is 26.3 Å². The Morgan fingerprint density at radius 1 is 1.40 bits per heavy atom. The summed E-state index contributed by atoms with van der Waals surface area (Å²) in [6, 6.07) is 2.07. The van der Waals surface area contributed by atoms with E-state index in [2.05, 4.69) is 41.2 Å². The van der Waals surface area contributed by atoms with Crippen LogP contribution >= 0.6 is 11.6 Å². The van der Waals surface area contributed by atoms with Gasteiger partial charge in [-0.2, -0.15) is 5.10 Å². The molecule has 2 rings (SSSR count). The maximum absolute atomic E-state index is 6.35. The average Bonchev–Trinajstić information content (AvgIpc) is 2.83. The Kier molecular flexibility index (Phi) is 5.09. The molecule has 20 heavy (non-hydrogen) atoms. The van der Waals surface area contributed by atoms with Crippen molar-refractivity contribution in [3.63, 3.8) is 0 Å². The van der Waals surface area contributed by atoms with Crippen LogP contribution in [0.4, 0.5) is 0 Å². The van der Waals surface area contributed by atoms with Crippen molar-refractivity contribution in [2.45, 2.75) is 39.3 Å². The molecule has 2 aromatic heterocycles. The Morgan fingerprint density at radius 2 is 2.20 bits per heavy atom. The fourth-order valence-corrected chi connectivity index (χ4v) is 2.37. The summed E-state index contributed by atoms with van der Waals surface area (Å²) in [7, 11) is 0. The van der Waals surface area contributed by atoms with Crippen LogP contribution in [0.25, 0.3) is 0 Å². The Labute approximate surface area is 124 Å². The number of hydrogen-bond acceptors (Lipinski definition) is 4. The maximum Gasteiger partial charge on any atom is 0.115 e. The van der Waals surface area contributed by atoms with Crippen molar-refractivity contribution in [2.75, 3.05) is 6.54 Å². The lowest BCUT2D eigenvalue weighted by Gasteiger charge is -2.21. The molecule has 1 unspecified atom stereocenters. The molecule has 0 spiro atoms. The zero-order valence-corrected chi connectivity index (χ0v) is 12.8. The van der Waals surface area contributed by atoms with E-state index < -0.39 is 0 Å². The molecule has 5 nitrogen and oxygen atoms in total. The summed E-state index contributed by atoms with van der Waals surface area (Å²) in [6.07, 6.45) is 6.03. The van der Waals surface area contributed by atoms with E-state index in [1.54, 1.807) is 18.7 Å². The lowest BCUT2D eigenvalue weighted by atomic mass is 10.1. The highest BCUT2D eigenvalue weighted by Crippen LogP contribution is 2.29. The quantitative estimate of drug-likeness (QED) is 0.889. The molecule has 0 saturated heterocycles. The van der Waals surface area contributed by atoms with Gasteiger partial charge < -0.3 is 5.32 Å². The van der Waals surface area contributed by atoms with Crippen molar-refractivity contribution in [1.82, 2.24) is 25.1 Å². The van der Waals surface area contributed by atoms with E-state index in [0.717, 1.165) is 24.4 Å². The standard InChI is InChI=1S/C14H20ClN5/c1-4-6-17-13(12-5-7-16-9-18-12)14-11(15)8-19-20(14)10(2)3/h5,7-10,13,17H,4,6H2,1-3H3. The largest absolute Gasteiger partial charge is 0.304 e. The van der Waals surface area contributed by atoms with Gasteiger partial charge in [0, 0.05) is 12.2 Å². The van der Waals surface area contributed by atoms with Crippen LogP contribution in [0.3, 0.4) is 0 Å². The molecular weight excluding hydrogens is 274 g/mol. The van der Waals surface area contributed by atoms with Crippen molar-refractivity contribution in [3.05, 3.63) is 41.2 Å². The van der Waals surface area contributed by atoms with Crippen LogP contribution in [-0.2, 0) is 0 Å². The van der Waals surface area contributed by atoms with E-state index in [0.29, 0.717) is 5.02 Å². The van der Waals surface area contributed by atoms with E-state index in [9.17, 15) is 0 Å². The molecule has 1 atom stereocenters. The lowest BCUT2D eigenvalue weighted by molar-refractivity contribution is 0.468. The summed E-state index contributed by atoms with van der Waals surface area (Å²) >= 11 is 6.35. The summed E-state index contributed by atoms with van der Waals surface area (Å²) in [4.78, 5) is 8.33. The van der Waals surface area contributed by atoms with E-state index >= 15 is 0 Å². The van der Waals surface area contributed by atoms with E-state index in [1.165, 1.54) is 0 Å². The summed E-state index contributed by atoms with van der Waals surface area (Å²) in [5.41, 5.74) is 1.85. The maximum atomic E-state index is 6.35. The van der Waals surface area contributed by atoms with Crippen LogP contribution in [0.15, 0.2) is 24.8 Å². The topological polar surface area (TPSA) is 55.6 Å². The van der Waals surface area contributed by atoms with Crippen LogP contribution in [0.2, 0.25) is 5.02 Å². The molecule has 0 aliphatic carbocycles. The average molecular weight is 294 g/mol. The Morgan fingerprint density at radius 3 is 2.80 bits per heavy atom. The predicted molar refractivity (Wildman–Crippen MR) is 79.8 cm³/mol. The molecule has 1 N–H and O–H groups in total. The molecular formula is C14H20ClN5. The van der Waals surface area contributed by atoms with Gasteiger partial charge in [0.05, 0.1) is 28.6 Å². The zero-order chi connectivity index (χ0) is 14.5. The van der Waals surface area contributed by atoms with Gasteiger partial charge in [-0.1, -0.05) is 18.5 Å². The highest BCUT2D eigenvalue weighted by atomic mass is 35.5. The summed E-state index contributed by atoms with van der Waals surface area (Å²) in [5.74, 6) is 0. The van der Waals surface area contributed by atoms with Gasteiger partial charge in [0.1, 0.15) is 6.33 Å². The fourth-order valence-electron chi connectivity index (χ4n) is 2.13. The minimum Gasteiger partial charge on any atom is -0.304 e. The highest BCUT2D eigenvalue weighted by molar-refractivity contribution is 6.31.